The smallest absolute Gasteiger partial charge is 0.229 e. The lowest BCUT2D eigenvalue weighted by atomic mass is 10.1. The first-order chi connectivity index (χ1) is 10.7. The molecule has 4 nitrogen and oxygen atoms in total. The number of benzene rings is 2. The van der Waals surface area contributed by atoms with E-state index in [1.807, 2.05) is 26.0 Å². The summed E-state index contributed by atoms with van der Waals surface area (Å²) < 4.78 is 38.2. The van der Waals surface area contributed by atoms with Crippen molar-refractivity contribution in [3.8, 4) is 0 Å². The molecule has 2 N–H and O–H groups in total. The number of halogens is 1. The first-order valence-corrected chi connectivity index (χ1v) is 9.20. The van der Waals surface area contributed by atoms with E-state index in [0.717, 1.165) is 22.9 Å². The SMILES string of the molecule is Cc1cc(F)ccc1CN[C@@H](C)c1cccc(NS(C)(=O)=O)c1. The van der Waals surface area contributed by atoms with Gasteiger partial charge in [0, 0.05) is 18.3 Å². The van der Waals surface area contributed by atoms with Crippen molar-refractivity contribution in [1.29, 1.82) is 0 Å². The van der Waals surface area contributed by atoms with Crippen molar-refractivity contribution in [3.05, 3.63) is 65.0 Å². The molecule has 6 heteroatoms. The largest absolute Gasteiger partial charge is 0.306 e. The number of aryl methyl sites for hydroxylation is 1. The molecular weight excluding hydrogens is 315 g/mol. The Balaban J connectivity index is 2.05. The van der Waals surface area contributed by atoms with Crippen LogP contribution in [0.1, 0.15) is 29.7 Å². The third-order valence-electron chi connectivity index (χ3n) is 3.59. The van der Waals surface area contributed by atoms with Crippen molar-refractivity contribution in [3.63, 3.8) is 0 Å². The number of nitrogens with one attached hydrogen (secondary N) is 2. The minimum Gasteiger partial charge on any atom is -0.306 e. The molecule has 2 aromatic carbocycles. The van der Waals surface area contributed by atoms with Crippen LogP contribution in [0.5, 0.6) is 0 Å². The number of sulfonamides is 1. The number of hydrogen-bond donors (Lipinski definition) is 2. The zero-order valence-electron chi connectivity index (χ0n) is 13.4. The second-order valence-corrected chi connectivity index (χ2v) is 7.42. The molecule has 0 aliphatic carbocycles. The Labute approximate surface area is 136 Å². The highest BCUT2D eigenvalue weighted by Crippen LogP contribution is 2.19. The van der Waals surface area contributed by atoms with E-state index < -0.39 is 10.0 Å². The Bertz CT molecular complexity index is 791. The molecule has 0 heterocycles. The average Bonchev–Trinajstić information content (AvgIpc) is 2.44. The van der Waals surface area contributed by atoms with Gasteiger partial charge in [0.1, 0.15) is 5.82 Å². The van der Waals surface area contributed by atoms with Crippen LogP contribution in [0, 0.1) is 12.7 Å². The normalized spacial score (nSPS) is 12.9. The molecule has 0 saturated carbocycles. The van der Waals surface area contributed by atoms with Crippen molar-refractivity contribution >= 4 is 15.7 Å². The summed E-state index contributed by atoms with van der Waals surface area (Å²) in [6.07, 6.45) is 1.12. The van der Waals surface area contributed by atoms with E-state index in [1.54, 1.807) is 18.2 Å². The second-order valence-electron chi connectivity index (χ2n) is 5.67. The molecule has 2 rings (SSSR count). The van der Waals surface area contributed by atoms with E-state index >= 15 is 0 Å². The Morgan fingerprint density at radius 1 is 1.17 bits per heavy atom. The number of rotatable bonds is 6. The summed E-state index contributed by atoms with van der Waals surface area (Å²) in [4.78, 5) is 0. The van der Waals surface area contributed by atoms with Crippen LogP contribution >= 0.6 is 0 Å². The van der Waals surface area contributed by atoms with E-state index in [9.17, 15) is 12.8 Å². The standard InChI is InChI=1S/C17H21FN2O2S/c1-12-9-16(18)8-7-15(12)11-19-13(2)14-5-4-6-17(10-14)20-23(3,21)22/h4-10,13,19-20H,11H2,1-3H3/t13-/m0/s1. The highest BCUT2D eigenvalue weighted by atomic mass is 32.2. The Morgan fingerprint density at radius 3 is 2.57 bits per heavy atom. The van der Waals surface area contributed by atoms with Crippen molar-refractivity contribution in [2.24, 2.45) is 0 Å². The molecule has 0 aliphatic rings. The van der Waals surface area contributed by atoms with Gasteiger partial charge in [0.15, 0.2) is 0 Å². The summed E-state index contributed by atoms with van der Waals surface area (Å²) in [6.45, 7) is 4.48. The fourth-order valence-electron chi connectivity index (χ4n) is 2.32. The fraction of sp³-hybridized carbons (Fsp3) is 0.294. The van der Waals surface area contributed by atoms with E-state index in [0.29, 0.717) is 12.2 Å². The van der Waals surface area contributed by atoms with E-state index in [2.05, 4.69) is 10.0 Å². The van der Waals surface area contributed by atoms with Gasteiger partial charge in [-0.05, 0) is 54.8 Å². The molecular formula is C17H21FN2O2S. The van der Waals surface area contributed by atoms with Gasteiger partial charge in [-0.2, -0.15) is 0 Å². The zero-order chi connectivity index (χ0) is 17.0. The summed E-state index contributed by atoms with van der Waals surface area (Å²) in [6, 6.07) is 12.0. The maximum absolute atomic E-state index is 13.1. The fourth-order valence-corrected chi connectivity index (χ4v) is 2.88. The Kier molecular flexibility index (Phi) is 5.38. The summed E-state index contributed by atoms with van der Waals surface area (Å²) in [5, 5.41) is 3.37. The van der Waals surface area contributed by atoms with Gasteiger partial charge < -0.3 is 5.32 Å². The minimum absolute atomic E-state index is 0.0285. The van der Waals surface area contributed by atoms with Gasteiger partial charge in [-0.15, -0.1) is 0 Å². The van der Waals surface area contributed by atoms with Crippen LogP contribution in [0.2, 0.25) is 0 Å². The highest BCUT2D eigenvalue weighted by Gasteiger charge is 2.09. The van der Waals surface area contributed by atoms with Crippen molar-refractivity contribution in [1.82, 2.24) is 5.32 Å². The Hall–Kier alpha value is -1.92. The van der Waals surface area contributed by atoms with Gasteiger partial charge in [-0.25, -0.2) is 12.8 Å². The average molecular weight is 336 g/mol. The summed E-state index contributed by atoms with van der Waals surface area (Å²) in [7, 11) is -3.29. The molecule has 0 unspecified atom stereocenters. The molecule has 124 valence electrons. The summed E-state index contributed by atoms with van der Waals surface area (Å²) in [5.74, 6) is -0.237. The molecule has 0 saturated heterocycles. The van der Waals surface area contributed by atoms with Gasteiger partial charge in [0.2, 0.25) is 10.0 Å². The third kappa shape index (κ3) is 5.33. The molecule has 0 aromatic heterocycles. The number of anilines is 1. The lowest BCUT2D eigenvalue weighted by molar-refractivity contribution is 0.571. The van der Waals surface area contributed by atoms with Crippen LogP contribution in [-0.2, 0) is 16.6 Å². The van der Waals surface area contributed by atoms with Gasteiger partial charge in [-0.3, -0.25) is 4.72 Å². The van der Waals surface area contributed by atoms with Gasteiger partial charge in [-0.1, -0.05) is 18.2 Å². The van der Waals surface area contributed by atoms with Crippen LogP contribution in [0.4, 0.5) is 10.1 Å². The first kappa shape index (κ1) is 17.4. The lowest BCUT2D eigenvalue weighted by Gasteiger charge is -2.16. The molecule has 0 fully saturated rings. The molecule has 0 radical (unpaired) electrons. The molecule has 0 aliphatic heterocycles. The van der Waals surface area contributed by atoms with Crippen molar-refractivity contribution in [2.75, 3.05) is 11.0 Å². The topological polar surface area (TPSA) is 58.2 Å². The van der Waals surface area contributed by atoms with Crippen LogP contribution in [0.15, 0.2) is 42.5 Å². The van der Waals surface area contributed by atoms with E-state index in [4.69, 9.17) is 0 Å². The predicted molar refractivity (Wildman–Crippen MR) is 91.3 cm³/mol. The summed E-state index contributed by atoms with van der Waals surface area (Å²) in [5.41, 5.74) is 3.44. The van der Waals surface area contributed by atoms with E-state index in [1.165, 1.54) is 12.1 Å². The zero-order valence-corrected chi connectivity index (χ0v) is 14.2. The second kappa shape index (κ2) is 7.10. The van der Waals surface area contributed by atoms with Gasteiger partial charge in [0.25, 0.3) is 0 Å². The molecule has 0 amide bonds. The maximum atomic E-state index is 13.1. The van der Waals surface area contributed by atoms with Crippen LogP contribution < -0.4 is 10.0 Å². The van der Waals surface area contributed by atoms with Gasteiger partial charge >= 0.3 is 0 Å². The Morgan fingerprint density at radius 2 is 1.91 bits per heavy atom. The third-order valence-corrected chi connectivity index (χ3v) is 4.20. The maximum Gasteiger partial charge on any atom is 0.229 e. The van der Waals surface area contributed by atoms with Crippen molar-refractivity contribution in [2.45, 2.75) is 26.4 Å². The molecule has 1 atom stereocenters. The van der Waals surface area contributed by atoms with Gasteiger partial charge in [0.05, 0.1) is 6.26 Å². The highest BCUT2D eigenvalue weighted by molar-refractivity contribution is 7.92. The quantitative estimate of drug-likeness (QED) is 0.850. The minimum atomic E-state index is -3.29. The lowest BCUT2D eigenvalue weighted by Crippen LogP contribution is -2.19. The molecule has 2 aromatic rings. The molecule has 0 bridgehead atoms. The monoisotopic (exact) mass is 336 g/mol. The summed E-state index contributed by atoms with van der Waals surface area (Å²) >= 11 is 0. The molecule has 23 heavy (non-hydrogen) atoms. The number of hydrogen-bond acceptors (Lipinski definition) is 3. The van der Waals surface area contributed by atoms with E-state index in [-0.39, 0.29) is 11.9 Å². The van der Waals surface area contributed by atoms with Crippen LogP contribution in [0.25, 0.3) is 0 Å². The molecule has 0 spiro atoms. The first-order valence-electron chi connectivity index (χ1n) is 7.31. The predicted octanol–water partition coefficient (Wildman–Crippen LogP) is 3.36. The van der Waals surface area contributed by atoms with Crippen molar-refractivity contribution < 1.29 is 12.8 Å². The van der Waals surface area contributed by atoms with Crippen LogP contribution in [0.3, 0.4) is 0 Å². The van der Waals surface area contributed by atoms with Crippen LogP contribution in [-0.4, -0.2) is 14.7 Å².